The number of hydrogen-bond acceptors (Lipinski definition) is 4. The lowest BCUT2D eigenvalue weighted by atomic mass is 10.1. The van der Waals surface area contributed by atoms with Crippen molar-refractivity contribution in [3.05, 3.63) is 30.2 Å². The Morgan fingerprint density at radius 2 is 2.25 bits per heavy atom. The summed E-state index contributed by atoms with van der Waals surface area (Å²) in [6, 6.07) is 5.88. The zero-order chi connectivity index (χ0) is 16.1. The predicted molar refractivity (Wildman–Crippen MR) is 111 cm³/mol. The summed E-state index contributed by atoms with van der Waals surface area (Å²) in [6.07, 6.45) is 4.54. The first-order chi connectivity index (χ1) is 11.2. The second-order valence-corrected chi connectivity index (χ2v) is 7.68. The number of nitrogens with one attached hydrogen (secondary N) is 2. The Labute approximate surface area is 164 Å². The van der Waals surface area contributed by atoms with Gasteiger partial charge in [-0.1, -0.05) is 6.07 Å². The molecule has 1 atom stereocenters. The van der Waals surface area contributed by atoms with Gasteiger partial charge in [-0.05, 0) is 44.6 Å². The van der Waals surface area contributed by atoms with Crippen molar-refractivity contribution < 1.29 is 0 Å². The third-order valence-corrected chi connectivity index (χ3v) is 5.58. The molecule has 0 saturated carbocycles. The van der Waals surface area contributed by atoms with Gasteiger partial charge in [-0.25, -0.2) is 4.99 Å². The number of guanidine groups is 1. The molecule has 2 N–H and O–H groups in total. The fourth-order valence-corrected chi connectivity index (χ4v) is 3.98. The monoisotopic (exact) mass is 460 g/mol. The minimum absolute atomic E-state index is 0. The van der Waals surface area contributed by atoms with Crippen LogP contribution in [0, 0.1) is 0 Å². The summed E-state index contributed by atoms with van der Waals surface area (Å²) in [5, 5.41) is 15.2. The van der Waals surface area contributed by atoms with E-state index in [0.717, 1.165) is 30.5 Å². The predicted octanol–water partition coefficient (Wildman–Crippen LogP) is 2.69. The van der Waals surface area contributed by atoms with Crippen molar-refractivity contribution in [2.45, 2.75) is 38.0 Å². The normalized spacial score (nSPS) is 20.8. The SMILES string of the molecule is CCNC(=NCc1nnc2ccccn12)NCC1(C)CCCS1.I. The Morgan fingerprint density at radius 3 is 3.00 bits per heavy atom. The van der Waals surface area contributed by atoms with Gasteiger partial charge < -0.3 is 10.6 Å². The fourth-order valence-electron chi connectivity index (χ4n) is 2.74. The number of halogens is 1. The van der Waals surface area contributed by atoms with Crippen LogP contribution in [0.15, 0.2) is 29.4 Å². The highest BCUT2D eigenvalue weighted by atomic mass is 127. The van der Waals surface area contributed by atoms with Crippen molar-refractivity contribution in [3.63, 3.8) is 0 Å². The van der Waals surface area contributed by atoms with Crippen LogP contribution in [0.3, 0.4) is 0 Å². The summed E-state index contributed by atoms with van der Waals surface area (Å²) in [4.78, 5) is 4.66. The maximum absolute atomic E-state index is 4.66. The summed E-state index contributed by atoms with van der Waals surface area (Å²) in [6.45, 7) is 6.69. The van der Waals surface area contributed by atoms with Crippen LogP contribution in [0.5, 0.6) is 0 Å². The van der Waals surface area contributed by atoms with E-state index in [1.165, 1.54) is 18.6 Å². The lowest BCUT2D eigenvalue weighted by Crippen LogP contribution is -2.43. The zero-order valence-electron chi connectivity index (χ0n) is 14.2. The highest BCUT2D eigenvalue weighted by Gasteiger charge is 2.29. The topological polar surface area (TPSA) is 66.6 Å². The van der Waals surface area contributed by atoms with E-state index in [-0.39, 0.29) is 24.0 Å². The second-order valence-electron chi connectivity index (χ2n) is 6.00. The van der Waals surface area contributed by atoms with Crippen LogP contribution < -0.4 is 10.6 Å². The fraction of sp³-hybridized carbons (Fsp3) is 0.562. The summed E-state index contributed by atoms with van der Waals surface area (Å²) >= 11 is 2.05. The highest BCUT2D eigenvalue weighted by Crippen LogP contribution is 2.36. The lowest BCUT2D eigenvalue weighted by molar-refractivity contribution is 0.584. The number of nitrogens with zero attached hydrogens (tertiary/aromatic N) is 4. The van der Waals surface area contributed by atoms with Crippen LogP contribution >= 0.6 is 35.7 Å². The second kappa shape index (κ2) is 8.89. The number of aliphatic imine (C=N–C) groups is 1. The molecule has 3 heterocycles. The summed E-state index contributed by atoms with van der Waals surface area (Å²) in [7, 11) is 0. The van der Waals surface area contributed by atoms with E-state index in [2.05, 4.69) is 51.4 Å². The number of aromatic nitrogens is 3. The summed E-state index contributed by atoms with van der Waals surface area (Å²) in [5.41, 5.74) is 0.852. The molecule has 0 aliphatic carbocycles. The maximum Gasteiger partial charge on any atom is 0.191 e. The summed E-state index contributed by atoms with van der Waals surface area (Å²) in [5.74, 6) is 2.95. The first-order valence-corrected chi connectivity index (χ1v) is 9.13. The zero-order valence-corrected chi connectivity index (χ0v) is 17.3. The average molecular weight is 460 g/mol. The van der Waals surface area contributed by atoms with Gasteiger partial charge in [0.25, 0.3) is 0 Å². The van der Waals surface area contributed by atoms with Crippen molar-refractivity contribution >= 4 is 47.3 Å². The van der Waals surface area contributed by atoms with Crippen LogP contribution in [-0.2, 0) is 6.54 Å². The average Bonchev–Trinajstić information content (AvgIpc) is 3.17. The van der Waals surface area contributed by atoms with E-state index in [1.54, 1.807) is 0 Å². The van der Waals surface area contributed by atoms with Gasteiger partial charge in [-0.3, -0.25) is 4.40 Å². The van der Waals surface area contributed by atoms with Gasteiger partial charge in [0.05, 0.1) is 0 Å². The minimum Gasteiger partial charge on any atom is -0.357 e. The lowest BCUT2D eigenvalue weighted by Gasteiger charge is -2.24. The molecule has 3 rings (SSSR count). The van der Waals surface area contributed by atoms with Gasteiger partial charge in [0.2, 0.25) is 0 Å². The first kappa shape index (κ1) is 19.3. The smallest absolute Gasteiger partial charge is 0.191 e. The molecule has 1 aliphatic rings. The number of pyridine rings is 1. The van der Waals surface area contributed by atoms with Gasteiger partial charge >= 0.3 is 0 Å². The largest absolute Gasteiger partial charge is 0.357 e. The molecular weight excluding hydrogens is 435 g/mol. The van der Waals surface area contributed by atoms with E-state index < -0.39 is 0 Å². The molecule has 2 aromatic heterocycles. The molecule has 132 valence electrons. The molecular formula is C16H25IN6S. The van der Waals surface area contributed by atoms with Gasteiger partial charge in [0.15, 0.2) is 17.4 Å². The maximum atomic E-state index is 4.66. The molecule has 0 bridgehead atoms. The van der Waals surface area contributed by atoms with E-state index in [4.69, 9.17) is 0 Å². The molecule has 8 heteroatoms. The quantitative estimate of drug-likeness (QED) is 0.408. The van der Waals surface area contributed by atoms with Gasteiger partial charge in [-0.15, -0.1) is 34.2 Å². The Bertz CT molecular complexity index is 680. The Kier molecular flexibility index (Phi) is 7.15. The number of rotatable bonds is 5. The molecule has 0 spiro atoms. The molecule has 2 aromatic rings. The van der Waals surface area contributed by atoms with Crippen LogP contribution in [0.2, 0.25) is 0 Å². The molecule has 24 heavy (non-hydrogen) atoms. The van der Waals surface area contributed by atoms with Gasteiger partial charge in [0.1, 0.15) is 6.54 Å². The van der Waals surface area contributed by atoms with Crippen LogP contribution in [0.4, 0.5) is 0 Å². The van der Waals surface area contributed by atoms with Crippen molar-refractivity contribution in [2.24, 2.45) is 4.99 Å². The highest BCUT2D eigenvalue weighted by molar-refractivity contribution is 14.0. The summed E-state index contributed by atoms with van der Waals surface area (Å²) < 4.78 is 2.29. The van der Waals surface area contributed by atoms with Crippen molar-refractivity contribution in [1.82, 2.24) is 25.2 Å². The molecule has 0 radical (unpaired) electrons. The van der Waals surface area contributed by atoms with E-state index in [0.29, 0.717) is 11.3 Å². The molecule has 1 aliphatic heterocycles. The first-order valence-electron chi connectivity index (χ1n) is 8.15. The number of hydrogen-bond donors (Lipinski definition) is 2. The van der Waals surface area contributed by atoms with E-state index >= 15 is 0 Å². The molecule has 1 saturated heterocycles. The van der Waals surface area contributed by atoms with Crippen LogP contribution in [0.1, 0.15) is 32.5 Å². The van der Waals surface area contributed by atoms with E-state index in [9.17, 15) is 0 Å². The molecule has 0 amide bonds. The third kappa shape index (κ3) is 4.75. The van der Waals surface area contributed by atoms with Crippen molar-refractivity contribution in [1.29, 1.82) is 0 Å². The Balaban J connectivity index is 0.00000208. The number of fused-ring (bicyclic) bond motifs is 1. The molecule has 1 fully saturated rings. The van der Waals surface area contributed by atoms with Crippen LogP contribution in [-0.4, -0.2) is 44.1 Å². The van der Waals surface area contributed by atoms with Gasteiger partial charge in [0, 0.05) is 24.0 Å². The molecule has 0 aromatic carbocycles. The van der Waals surface area contributed by atoms with Crippen LogP contribution in [0.25, 0.3) is 5.65 Å². The van der Waals surface area contributed by atoms with Crippen molar-refractivity contribution in [2.75, 3.05) is 18.8 Å². The van der Waals surface area contributed by atoms with Gasteiger partial charge in [-0.2, -0.15) is 11.8 Å². The van der Waals surface area contributed by atoms with E-state index in [1.807, 2.05) is 28.8 Å². The van der Waals surface area contributed by atoms with Crippen molar-refractivity contribution in [3.8, 4) is 0 Å². The molecule has 6 nitrogen and oxygen atoms in total. The minimum atomic E-state index is 0. The Hall–Kier alpha value is -1.03. The third-order valence-electron chi connectivity index (χ3n) is 4.04. The standard InChI is InChI=1S/C16H24N6S.HI/c1-3-17-15(19-12-16(2)8-6-10-23-16)18-11-14-21-20-13-7-4-5-9-22(13)14;/h4-5,7,9H,3,6,8,10-12H2,1-2H3,(H2,17,18,19);1H. The molecule has 1 unspecified atom stereocenters. The number of thioether (sulfide) groups is 1. The Morgan fingerprint density at radius 1 is 1.38 bits per heavy atom.